The van der Waals surface area contributed by atoms with Crippen LogP contribution in [0.15, 0.2) is 102 Å². The molecule has 0 radical (unpaired) electrons. The number of hydrogen-bond acceptors (Lipinski definition) is 6. The maximum Gasteiger partial charge on any atom is 0.410 e. The van der Waals surface area contributed by atoms with E-state index >= 15 is 0 Å². The van der Waals surface area contributed by atoms with Crippen molar-refractivity contribution >= 4 is 26.7 Å². The number of piperidine rings is 1. The first kappa shape index (κ1) is 29.8. The Kier molecular flexibility index (Phi) is 8.68. The highest BCUT2D eigenvalue weighted by Crippen LogP contribution is 2.34. The molecule has 4 aromatic rings. The van der Waals surface area contributed by atoms with Crippen LogP contribution >= 0.6 is 0 Å². The Morgan fingerprint density at radius 2 is 1.60 bits per heavy atom. The number of nitrogens with two attached hydrogens (primary N) is 1. The van der Waals surface area contributed by atoms with Crippen molar-refractivity contribution in [3.05, 3.63) is 114 Å². The van der Waals surface area contributed by atoms with E-state index in [0.717, 1.165) is 16.5 Å². The van der Waals surface area contributed by atoms with E-state index in [9.17, 15) is 13.2 Å². The normalized spacial score (nSPS) is 18.5. The van der Waals surface area contributed by atoms with Crippen molar-refractivity contribution < 1.29 is 22.7 Å². The smallest absolute Gasteiger partial charge is 0.410 e. The Bertz CT molecular complexity index is 1630. The van der Waals surface area contributed by atoms with Gasteiger partial charge in [0.05, 0.1) is 24.2 Å². The van der Waals surface area contributed by atoms with Crippen LogP contribution in [0.1, 0.15) is 55.2 Å². The van der Waals surface area contributed by atoms with Gasteiger partial charge in [0, 0.05) is 12.5 Å². The second-order valence-electron chi connectivity index (χ2n) is 11.8. The summed E-state index contributed by atoms with van der Waals surface area (Å²) in [6.45, 7) is 6.88. The molecule has 42 heavy (non-hydrogen) atoms. The molecule has 3 unspecified atom stereocenters. The first-order valence-corrected chi connectivity index (χ1v) is 15.8. The predicted molar refractivity (Wildman–Crippen MR) is 165 cm³/mol. The molecule has 3 atom stereocenters. The summed E-state index contributed by atoms with van der Waals surface area (Å²) in [7, 11) is -3.73. The summed E-state index contributed by atoms with van der Waals surface area (Å²) in [5.74, 6) is 0.000137. The van der Waals surface area contributed by atoms with Crippen molar-refractivity contribution in [2.24, 2.45) is 5.73 Å². The third kappa shape index (κ3) is 6.84. The van der Waals surface area contributed by atoms with Crippen LogP contribution in [-0.4, -0.2) is 44.2 Å². The van der Waals surface area contributed by atoms with Gasteiger partial charge in [-0.05, 0) is 72.9 Å². The van der Waals surface area contributed by atoms with E-state index in [1.54, 1.807) is 47.4 Å². The number of fused-ring (bicyclic) bond motifs is 1. The minimum Gasteiger partial charge on any atom is -0.444 e. The summed E-state index contributed by atoms with van der Waals surface area (Å²) in [6.07, 6.45) is 0.0352. The zero-order valence-corrected chi connectivity index (χ0v) is 25.1. The van der Waals surface area contributed by atoms with E-state index in [-0.39, 0.29) is 23.0 Å². The number of rotatable bonds is 7. The molecule has 1 heterocycles. The number of hydrogen-bond donors (Lipinski definition) is 1. The lowest BCUT2D eigenvalue weighted by Crippen LogP contribution is -2.48. The Hall–Kier alpha value is -3.72. The number of carbonyl (C=O) groups is 1. The van der Waals surface area contributed by atoms with Gasteiger partial charge in [0.25, 0.3) is 0 Å². The van der Waals surface area contributed by atoms with E-state index in [2.05, 4.69) is 30.3 Å². The van der Waals surface area contributed by atoms with E-state index in [0.29, 0.717) is 31.7 Å². The third-order valence-electron chi connectivity index (χ3n) is 7.59. The maximum atomic E-state index is 13.1. The van der Waals surface area contributed by atoms with Gasteiger partial charge in [-0.3, -0.25) is 0 Å². The quantitative estimate of drug-likeness (QED) is 0.263. The molecular formula is C34H38N2O5S. The minimum atomic E-state index is -3.73. The molecule has 1 amide bonds. The molecule has 0 bridgehead atoms. The lowest BCUT2D eigenvalue weighted by molar-refractivity contribution is -0.0359. The highest BCUT2D eigenvalue weighted by Gasteiger charge is 2.35. The average Bonchev–Trinajstić information content (AvgIpc) is 2.99. The summed E-state index contributed by atoms with van der Waals surface area (Å²) in [6, 6.07) is 30.1. The predicted octanol–water partition coefficient (Wildman–Crippen LogP) is 6.58. The number of likely N-dealkylation sites (tertiary alicyclic amines) is 1. The number of amides is 1. The van der Waals surface area contributed by atoms with Gasteiger partial charge in [-0.2, -0.15) is 0 Å². The average molecular weight is 587 g/mol. The lowest BCUT2D eigenvalue weighted by atomic mass is 9.86. The highest BCUT2D eigenvalue weighted by molar-refractivity contribution is 7.91. The van der Waals surface area contributed by atoms with Crippen LogP contribution in [0.2, 0.25) is 0 Å². The molecule has 1 fully saturated rings. The number of benzene rings is 4. The molecule has 5 rings (SSSR count). The lowest BCUT2D eigenvalue weighted by Gasteiger charge is -2.39. The van der Waals surface area contributed by atoms with Gasteiger partial charge in [-0.1, -0.05) is 78.9 Å². The Morgan fingerprint density at radius 3 is 2.29 bits per heavy atom. The molecule has 4 aromatic carbocycles. The Morgan fingerprint density at radius 1 is 0.929 bits per heavy atom. The summed E-state index contributed by atoms with van der Waals surface area (Å²) >= 11 is 0. The van der Waals surface area contributed by atoms with Crippen LogP contribution in [0.5, 0.6) is 0 Å². The van der Waals surface area contributed by atoms with Gasteiger partial charge in [0.1, 0.15) is 11.0 Å². The molecule has 0 saturated carbocycles. The third-order valence-corrected chi connectivity index (χ3v) is 9.46. The molecule has 7 nitrogen and oxygen atoms in total. The fourth-order valence-corrected chi connectivity index (χ4v) is 6.70. The summed E-state index contributed by atoms with van der Waals surface area (Å²) < 4.78 is 38.3. The van der Waals surface area contributed by atoms with Crippen LogP contribution < -0.4 is 5.73 Å². The number of sulfone groups is 1. The van der Waals surface area contributed by atoms with Crippen molar-refractivity contribution in [1.82, 2.24) is 4.90 Å². The van der Waals surface area contributed by atoms with Crippen LogP contribution in [0.25, 0.3) is 10.8 Å². The molecule has 2 N–H and O–H groups in total. The van der Waals surface area contributed by atoms with Gasteiger partial charge in [-0.15, -0.1) is 0 Å². The molecule has 8 heteroatoms. The first-order valence-electron chi connectivity index (χ1n) is 14.2. The summed E-state index contributed by atoms with van der Waals surface area (Å²) in [5.41, 5.74) is 8.23. The van der Waals surface area contributed by atoms with Gasteiger partial charge < -0.3 is 20.1 Å². The summed E-state index contributed by atoms with van der Waals surface area (Å²) in [5, 5.41) is 1.13. The van der Waals surface area contributed by atoms with E-state index in [1.165, 1.54) is 5.39 Å². The van der Waals surface area contributed by atoms with Crippen molar-refractivity contribution in [1.29, 1.82) is 0 Å². The summed E-state index contributed by atoms with van der Waals surface area (Å²) in [4.78, 5) is 14.8. The number of ether oxygens (including phenoxy) is 2. The Balaban J connectivity index is 1.36. The molecule has 1 aliphatic heterocycles. The van der Waals surface area contributed by atoms with Crippen molar-refractivity contribution in [2.75, 3.05) is 13.1 Å². The number of carbonyl (C=O) groups excluding carboxylic acids is 1. The van der Waals surface area contributed by atoms with Gasteiger partial charge in [-0.25, -0.2) is 13.2 Å². The maximum absolute atomic E-state index is 13.1. The van der Waals surface area contributed by atoms with Gasteiger partial charge in [0.2, 0.25) is 0 Å². The van der Waals surface area contributed by atoms with Crippen molar-refractivity contribution in [3.8, 4) is 0 Å². The molecule has 1 saturated heterocycles. The van der Waals surface area contributed by atoms with E-state index < -0.39 is 20.8 Å². The van der Waals surface area contributed by atoms with Crippen LogP contribution in [0.3, 0.4) is 0 Å². The second kappa shape index (κ2) is 12.3. The largest absolute Gasteiger partial charge is 0.444 e. The van der Waals surface area contributed by atoms with E-state index in [4.69, 9.17) is 15.2 Å². The van der Waals surface area contributed by atoms with Crippen LogP contribution in [-0.2, 0) is 25.9 Å². The highest BCUT2D eigenvalue weighted by atomic mass is 32.2. The fourth-order valence-electron chi connectivity index (χ4n) is 5.36. The Labute approximate surface area is 248 Å². The molecular weight excluding hydrogens is 548 g/mol. The van der Waals surface area contributed by atoms with E-state index in [1.807, 2.05) is 45.0 Å². The number of nitrogens with zero attached hydrogens (tertiary/aromatic N) is 1. The first-order chi connectivity index (χ1) is 20.0. The van der Waals surface area contributed by atoms with Crippen LogP contribution in [0.4, 0.5) is 4.79 Å². The standard InChI is InChI=1S/C34H38N2O5S/c1-34(2,3)41-33(37)36-20-19-30(31(22-36)40-23-24-13-14-25-9-7-8-10-28(25)21-24)26-15-17-27(18-16-26)32(35)42(38,39)29-11-5-4-6-12-29/h4-18,21,30-32H,19-20,22-23,35H2,1-3H3. The zero-order chi connectivity index (χ0) is 29.9. The minimum absolute atomic E-state index is 0.000137. The second-order valence-corrected chi connectivity index (χ2v) is 13.9. The monoisotopic (exact) mass is 586 g/mol. The SMILES string of the molecule is CC(C)(C)OC(=O)N1CCC(c2ccc(C(N)S(=O)(=O)c3ccccc3)cc2)C(OCc2ccc3ccccc3c2)C1. The van der Waals surface area contributed by atoms with Crippen molar-refractivity contribution in [2.45, 2.75) is 61.7 Å². The van der Waals surface area contributed by atoms with Crippen LogP contribution in [0, 0.1) is 0 Å². The molecule has 1 aliphatic rings. The van der Waals surface area contributed by atoms with Gasteiger partial charge in [0.15, 0.2) is 9.84 Å². The molecule has 0 spiro atoms. The van der Waals surface area contributed by atoms with Gasteiger partial charge >= 0.3 is 6.09 Å². The molecule has 220 valence electrons. The zero-order valence-electron chi connectivity index (χ0n) is 24.3. The molecule has 0 aliphatic carbocycles. The molecule has 0 aromatic heterocycles. The van der Waals surface area contributed by atoms with Crippen molar-refractivity contribution in [3.63, 3.8) is 0 Å². The topological polar surface area (TPSA) is 98.9 Å². The fraction of sp³-hybridized carbons (Fsp3) is 0.324.